The Morgan fingerprint density at radius 3 is 2.57 bits per heavy atom. The summed E-state index contributed by atoms with van der Waals surface area (Å²) in [5.41, 5.74) is 1.30. The zero-order valence-corrected chi connectivity index (χ0v) is 15.5. The van der Waals surface area contributed by atoms with Crippen LogP contribution < -0.4 is 9.47 Å². The van der Waals surface area contributed by atoms with Gasteiger partial charge in [0.15, 0.2) is 11.5 Å². The van der Waals surface area contributed by atoms with Crippen molar-refractivity contribution in [1.29, 1.82) is 0 Å². The molecule has 1 aliphatic carbocycles. The van der Waals surface area contributed by atoms with E-state index >= 15 is 0 Å². The first-order valence-electron chi connectivity index (χ1n) is 9.50. The fourth-order valence-corrected chi connectivity index (χ4v) is 3.81. The summed E-state index contributed by atoms with van der Waals surface area (Å²) in [6.07, 6.45) is 6.68. The van der Waals surface area contributed by atoms with Crippen molar-refractivity contribution >= 4 is 11.9 Å². The number of carboxylic acids is 1. The Kier molecular flexibility index (Phi) is 5.14. The number of fused-ring (bicyclic) bond motifs is 1. The molecule has 0 spiro atoms. The van der Waals surface area contributed by atoms with Crippen LogP contribution in [-0.2, 0) is 6.54 Å². The third-order valence-corrected chi connectivity index (χ3v) is 5.30. The van der Waals surface area contributed by atoms with E-state index in [0.29, 0.717) is 23.6 Å². The first-order chi connectivity index (χ1) is 13.6. The average molecular weight is 382 g/mol. The number of hydrogen-bond donors (Lipinski definition) is 1. The molecule has 2 aromatic rings. The normalized spacial score (nSPS) is 16.0. The molecular weight excluding hydrogens is 360 g/mol. The van der Waals surface area contributed by atoms with Crippen LogP contribution in [0.15, 0.2) is 36.5 Å². The first kappa shape index (κ1) is 18.3. The minimum Gasteiger partial charge on any atom is -0.477 e. The second-order valence-corrected chi connectivity index (χ2v) is 7.15. The number of rotatable bonds is 5. The van der Waals surface area contributed by atoms with E-state index < -0.39 is 5.97 Å². The van der Waals surface area contributed by atoms with Gasteiger partial charge in [0.2, 0.25) is 6.79 Å². The summed E-state index contributed by atoms with van der Waals surface area (Å²) >= 11 is 0. The first-order valence-corrected chi connectivity index (χ1v) is 9.50. The predicted octanol–water partition coefficient (Wildman–Crippen LogP) is 3.48. The van der Waals surface area contributed by atoms with Gasteiger partial charge in [-0.25, -0.2) is 9.78 Å². The molecule has 0 radical (unpaired) electrons. The third-order valence-electron chi connectivity index (χ3n) is 5.30. The lowest BCUT2D eigenvalue weighted by Gasteiger charge is -2.34. The Labute approximate surface area is 162 Å². The van der Waals surface area contributed by atoms with Gasteiger partial charge in [-0.05, 0) is 42.7 Å². The average Bonchev–Trinajstić information content (AvgIpc) is 3.20. The molecule has 2 aliphatic rings. The fraction of sp³-hybridized carbons (Fsp3) is 0.381. The van der Waals surface area contributed by atoms with E-state index in [4.69, 9.17) is 14.6 Å². The molecule has 1 aromatic heterocycles. The van der Waals surface area contributed by atoms with E-state index in [0.717, 1.165) is 31.2 Å². The summed E-state index contributed by atoms with van der Waals surface area (Å²) in [6.45, 7) is 0.673. The molecular formula is C21H22N2O5. The second-order valence-electron chi connectivity index (χ2n) is 7.15. The zero-order chi connectivity index (χ0) is 19.5. The summed E-state index contributed by atoms with van der Waals surface area (Å²) in [5.74, 6) is 0.172. The summed E-state index contributed by atoms with van der Waals surface area (Å²) in [5, 5.41) is 9.02. The van der Waals surface area contributed by atoms with Crippen LogP contribution in [0.1, 0.15) is 58.5 Å². The minimum atomic E-state index is -1.11. The van der Waals surface area contributed by atoms with Crippen LogP contribution in [0, 0.1) is 0 Å². The number of carbonyl (C=O) groups is 2. The molecule has 7 nitrogen and oxygen atoms in total. The number of aromatic carboxylic acids is 1. The highest BCUT2D eigenvalue weighted by Gasteiger charge is 2.27. The molecule has 0 unspecified atom stereocenters. The van der Waals surface area contributed by atoms with Gasteiger partial charge in [0, 0.05) is 18.8 Å². The van der Waals surface area contributed by atoms with E-state index in [2.05, 4.69) is 4.98 Å². The Balaban J connectivity index is 1.59. The van der Waals surface area contributed by atoms with Gasteiger partial charge in [-0.1, -0.05) is 25.3 Å². The third kappa shape index (κ3) is 3.78. The molecule has 1 fully saturated rings. The molecule has 0 bridgehead atoms. The number of aromatic nitrogens is 1. The summed E-state index contributed by atoms with van der Waals surface area (Å²) < 4.78 is 10.8. The number of ether oxygens (including phenoxy) is 2. The smallest absolute Gasteiger partial charge is 0.354 e. The Morgan fingerprint density at radius 2 is 1.86 bits per heavy atom. The maximum Gasteiger partial charge on any atom is 0.354 e. The molecule has 1 N–H and O–H groups in total. The zero-order valence-electron chi connectivity index (χ0n) is 15.5. The van der Waals surface area contributed by atoms with Crippen molar-refractivity contribution in [1.82, 2.24) is 9.88 Å². The summed E-state index contributed by atoms with van der Waals surface area (Å²) in [7, 11) is 0. The number of hydrogen-bond acceptors (Lipinski definition) is 5. The molecule has 1 aliphatic heterocycles. The SMILES string of the molecule is O=C(O)c1ccc(C(=O)N(Cc2ccc3c(c2)OCO3)C2CCCCC2)cn1. The van der Waals surface area contributed by atoms with E-state index in [-0.39, 0.29) is 24.4 Å². The highest BCUT2D eigenvalue weighted by Crippen LogP contribution is 2.34. The topological polar surface area (TPSA) is 89.0 Å². The van der Waals surface area contributed by atoms with Crippen LogP contribution in [0.25, 0.3) is 0 Å². The van der Waals surface area contributed by atoms with Crippen molar-refractivity contribution in [2.45, 2.75) is 44.7 Å². The fourth-order valence-electron chi connectivity index (χ4n) is 3.81. The van der Waals surface area contributed by atoms with E-state index in [1.165, 1.54) is 24.8 Å². The van der Waals surface area contributed by atoms with Gasteiger partial charge in [-0.15, -0.1) is 0 Å². The molecule has 2 heterocycles. The van der Waals surface area contributed by atoms with Crippen LogP contribution in [0.4, 0.5) is 0 Å². The van der Waals surface area contributed by atoms with Crippen molar-refractivity contribution < 1.29 is 24.2 Å². The summed E-state index contributed by atoms with van der Waals surface area (Å²) in [6, 6.07) is 8.79. The van der Waals surface area contributed by atoms with Gasteiger partial charge < -0.3 is 19.5 Å². The van der Waals surface area contributed by atoms with Crippen LogP contribution in [0.5, 0.6) is 11.5 Å². The van der Waals surface area contributed by atoms with Crippen molar-refractivity contribution in [3.05, 3.63) is 53.3 Å². The largest absolute Gasteiger partial charge is 0.477 e. The molecule has 7 heteroatoms. The number of amides is 1. The Morgan fingerprint density at radius 1 is 1.07 bits per heavy atom. The molecule has 1 aromatic carbocycles. The highest BCUT2D eigenvalue weighted by atomic mass is 16.7. The van der Waals surface area contributed by atoms with Gasteiger partial charge in [-0.3, -0.25) is 4.79 Å². The van der Waals surface area contributed by atoms with E-state index in [1.807, 2.05) is 23.1 Å². The number of carboxylic acid groups (broad SMARTS) is 1. The van der Waals surface area contributed by atoms with Crippen molar-refractivity contribution in [3.63, 3.8) is 0 Å². The molecule has 0 atom stereocenters. The van der Waals surface area contributed by atoms with Crippen molar-refractivity contribution in [3.8, 4) is 11.5 Å². The summed E-state index contributed by atoms with van der Waals surface area (Å²) in [4.78, 5) is 30.0. The van der Waals surface area contributed by atoms with E-state index in [9.17, 15) is 9.59 Å². The van der Waals surface area contributed by atoms with Crippen LogP contribution in [0.2, 0.25) is 0 Å². The maximum absolute atomic E-state index is 13.2. The van der Waals surface area contributed by atoms with Crippen molar-refractivity contribution in [2.24, 2.45) is 0 Å². The molecule has 1 amide bonds. The van der Waals surface area contributed by atoms with Crippen molar-refractivity contribution in [2.75, 3.05) is 6.79 Å². The maximum atomic E-state index is 13.2. The van der Waals surface area contributed by atoms with Gasteiger partial charge in [0.25, 0.3) is 5.91 Å². The van der Waals surface area contributed by atoms with Gasteiger partial charge in [-0.2, -0.15) is 0 Å². The minimum absolute atomic E-state index is 0.0727. The quantitative estimate of drug-likeness (QED) is 0.852. The second kappa shape index (κ2) is 7.88. The lowest BCUT2D eigenvalue weighted by Crippen LogP contribution is -2.41. The highest BCUT2D eigenvalue weighted by molar-refractivity contribution is 5.95. The standard InChI is InChI=1S/C21H22N2O5/c24-20(15-7-8-17(21(25)26)22-11-15)23(16-4-2-1-3-5-16)12-14-6-9-18-19(10-14)28-13-27-18/h6-11,16H,1-5,12-13H2,(H,25,26). The van der Waals surface area contributed by atoms with Gasteiger partial charge in [0.1, 0.15) is 5.69 Å². The van der Waals surface area contributed by atoms with Gasteiger partial charge in [0.05, 0.1) is 5.56 Å². The number of nitrogens with zero attached hydrogens (tertiary/aromatic N) is 2. The lowest BCUT2D eigenvalue weighted by molar-refractivity contribution is 0.0610. The molecule has 4 rings (SSSR count). The monoisotopic (exact) mass is 382 g/mol. The Hall–Kier alpha value is -3.09. The van der Waals surface area contributed by atoms with Crippen LogP contribution in [0.3, 0.4) is 0 Å². The number of pyridine rings is 1. The van der Waals surface area contributed by atoms with Crippen LogP contribution >= 0.6 is 0 Å². The molecule has 0 saturated heterocycles. The van der Waals surface area contributed by atoms with Crippen LogP contribution in [-0.4, -0.2) is 39.7 Å². The predicted molar refractivity (Wildman–Crippen MR) is 101 cm³/mol. The number of benzene rings is 1. The van der Waals surface area contributed by atoms with E-state index in [1.54, 1.807) is 0 Å². The molecule has 28 heavy (non-hydrogen) atoms. The Bertz CT molecular complexity index is 875. The molecule has 1 saturated carbocycles. The van der Waals surface area contributed by atoms with Gasteiger partial charge >= 0.3 is 5.97 Å². The lowest BCUT2D eigenvalue weighted by atomic mass is 9.93. The molecule has 146 valence electrons. The number of carbonyl (C=O) groups excluding carboxylic acids is 1.